The van der Waals surface area contributed by atoms with Gasteiger partial charge in [0.25, 0.3) is 0 Å². The number of nitrogens with one attached hydrogen (secondary N) is 1. The van der Waals surface area contributed by atoms with Crippen molar-refractivity contribution < 1.29 is 0 Å². The molecule has 2 aromatic rings. The summed E-state index contributed by atoms with van der Waals surface area (Å²) in [6, 6.07) is 7.40. The van der Waals surface area contributed by atoms with Gasteiger partial charge >= 0.3 is 0 Å². The minimum absolute atomic E-state index is 0.565. The number of benzene rings is 1. The Morgan fingerprint density at radius 2 is 2.00 bits per heavy atom. The van der Waals surface area contributed by atoms with Crippen LogP contribution in [-0.4, -0.2) is 9.97 Å². The van der Waals surface area contributed by atoms with E-state index in [4.69, 9.17) is 35.4 Å². The maximum atomic E-state index is 6.19. The summed E-state index contributed by atoms with van der Waals surface area (Å²) in [6.45, 7) is 4.35. The highest BCUT2D eigenvalue weighted by Crippen LogP contribution is 2.22. The van der Waals surface area contributed by atoms with Crippen molar-refractivity contribution in [2.24, 2.45) is 5.92 Å². The zero-order valence-corrected chi connectivity index (χ0v) is 13.7. The summed E-state index contributed by atoms with van der Waals surface area (Å²) in [5.41, 5.74) is 2.09. The summed E-state index contributed by atoms with van der Waals surface area (Å²) in [6.07, 6.45) is 1.57. The second kappa shape index (κ2) is 6.70. The number of hydrogen-bond donors (Lipinski definition) is 1. The van der Waals surface area contributed by atoms with E-state index in [1.807, 2.05) is 18.2 Å². The SMILES string of the molecule is CC(C)Cc1cc(=S)nc(Cc2ccc(Cl)cc2Cl)[nH]1. The third kappa shape index (κ3) is 4.30. The zero-order valence-electron chi connectivity index (χ0n) is 11.4. The van der Waals surface area contributed by atoms with Gasteiger partial charge in [0.1, 0.15) is 10.5 Å². The van der Waals surface area contributed by atoms with Crippen molar-refractivity contribution in [1.82, 2.24) is 9.97 Å². The fraction of sp³-hybridized carbons (Fsp3) is 0.333. The van der Waals surface area contributed by atoms with E-state index in [9.17, 15) is 0 Å². The molecule has 0 unspecified atom stereocenters. The normalized spacial score (nSPS) is 11.1. The second-order valence-corrected chi connectivity index (χ2v) is 6.46. The first kappa shape index (κ1) is 15.5. The lowest BCUT2D eigenvalue weighted by atomic mass is 10.1. The van der Waals surface area contributed by atoms with Crippen molar-refractivity contribution in [1.29, 1.82) is 0 Å². The minimum Gasteiger partial charge on any atom is -0.347 e. The Kier molecular flexibility index (Phi) is 5.19. The van der Waals surface area contributed by atoms with Crippen molar-refractivity contribution in [2.75, 3.05) is 0 Å². The molecule has 0 aliphatic heterocycles. The predicted octanol–water partition coefficient (Wildman–Crippen LogP) is 5.24. The monoisotopic (exact) mass is 326 g/mol. The molecule has 0 saturated carbocycles. The van der Waals surface area contributed by atoms with Gasteiger partial charge in [-0.15, -0.1) is 0 Å². The van der Waals surface area contributed by atoms with Gasteiger partial charge in [0.15, 0.2) is 0 Å². The molecule has 20 heavy (non-hydrogen) atoms. The number of hydrogen-bond acceptors (Lipinski definition) is 2. The molecule has 1 N–H and O–H groups in total. The number of nitrogens with zero attached hydrogens (tertiary/aromatic N) is 1. The van der Waals surface area contributed by atoms with Crippen LogP contribution in [0.15, 0.2) is 24.3 Å². The Labute approximate surface area is 134 Å². The van der Waals surface area contributed by atoms with Gasteiger partial charge in [0, 0.05) is 22.2 Å². The molecule has 0 aliphatic carbocycles. The van der Waals surface area contributed by atoms with E-state index >= 15 is 0 Å². The van der Waals surface area contributed by atoms with E-state index < -0.39 is 0 Å². The Morgan fingerprint density at radius 1 is 1.25 bits per heavy atom. The van der Waals surface area contributed by atoms with E-state index in [-0.39, 0.29) is 0 Å². The van der Waals surface area contributed by atoms with E-state index in [0.29, 0.717) is 27.0 Å². The van der Waals surface area contributed by atoms with Gasteiger partial charge in [0.05, 0.1) is 0 Å². The lowest BCUT2D eigenvalue weighted by molar-refractivity contribution is 0.630. The summed E-state index contributed by atoms with van der Waals surface area (Å²) < 4.78 is 0.611. The number of H-pyrrole nitrogens is 1. The van der Waals surface area contributed by atoms with Gasteiger partial charge in [-0.25, -0.2) is 4.98 Å². The molecule has 0 fully saturated rings. The molecule has 1 aromatic heterocycles. The van der Waals surface area contributed by atoms with Crippen molar-refractivity contribution in [3.63, 3.8) is 0 Å². The largest absolute Gasteiger partial charge is 0.347 e. The van der Waals surface area contributed by atoms with Crippen molar-refractivity contribution in [3.8, 4) is 0 Å². The first-order valence-electron chi connectivity index (χ1n) is 6.47. The molecule has 0 radical (unpaired) electrons. The maximum absolute atomic E-state index is 6.19. The van der Waals surface area contributed by atoms with Gasteiger partial charge in [0.2, 0.25) is 0 Å². The summed E-state index contributed by atoms with van der Waals surface area (Å²) in [5.74, 6) is 1.40. The number of aromatic amines is 1. The van der Waals surface area contributed by atoms with Gasteiger partial charge in [-0.1, -0.05) is 55.3 Å². The summed E-state index contributed by atoms with van der Waals surface area (Å²) >= 11 is 17.3. The van der Waals surface area contributed by atoms with Gasteiger partial charge in [-0.05, 0) is 36.1 Å². The Bertz CT molecular complexity index is 665. The van der Waals surface area contributed by atoms with Crippen LogP contribution >= 0.6 is 35.4 Å². The fourth-order valence-electron chi connectivity index (χ4n) is 2.04. The molecule has 0 saturated heterocycles. The van der Waals surface area contributed by atoms with Crippen molar-refractivity contribution in [3.05, 3.63) is 56.0 Å². The van der Waals surface area contributed by atoms with Crippen LogP contribution in [0.3, 0.4) is 0 Å². The Balaban J connectivity index is 2.29. The Hall–Kier alpha value is -0.900. The first-order valence-corrected chi connectivity index (χ1v) is 7.63. The van der Waals surface area contributed by atoms with Crippen LogP contribution in [0.5, 0.6) is 0 Å². The van der Waals surface area contributed by atoms with Crippen molar-refractivity contribution >= 4 is 35.4 Å². The van der Waals surface area contributed by atoms with Crippen LogP contribution in [0.4, 0.5) is 0 Å². The smallest absolute Gasteiger partial charge is 0.130 e. The molecule has 0 bridgehead atoms. The second-order valence-electron chi connectivity index (χ2n) is 5.20. The highest BCUT2D eigenvalue weighted by atomic mass is 35.5. The van der Waals surface area contributed by atoms with Gasteiger partial charge in [-0.3, -0.25) is 0 Å². The van der Waals surface area contributed by atoms with Crippen LogP contribution in [0.25, 0.3) is 0 Å². The number of halogens is 2. The zero-order chi connectivity index (χ0) is 14.7. The molecule has 2 nitrogen and oxygen atoms in total. The summed E-state index contributed by atoms with van der Waals surface area (Å²) in [7, 11) is 0. The summed E-state index contributed by atoms with van der Waals surface area (Å²) in [5, 5.41) is 1.28. The molecule has 5 heteroatoms. The molecular weight excluding hydrogens is 311 g/mol. The highest BCUT2D eigenvalue weighted by Gasteiger charge is 2.06. The van der Waals surface area contributed by atoms with Crippen LogP contribution in [-0.2, 0) is 12.8 Å². The van der Waals surface area contributed by atoms with Crippen molar-refractivity contribution in [2.45, 2.75) is 26.7 Å². The number of aromatic nitrogens is 2. The lowest BCUT2D eigenvalue weighted by Crippen LogP contribution is -2.04. The molecule has 1 aromatic carbocycles. The topological polar surface area (TPSA) is 28.7 Å². The molecule has 0 spiro atoms. The van der Waals surface area contributed by atoms with Crippen LogP contribution in [0, 0.1) is 10.6 Å². The Morgan fingerprint density at radius 3 is 2.65 bits per heavy atom. The van der Waals surface area contributed by atoms with Gasteiger partial charge in [-0.2, -0.15) is 0 Å². The molecule has 0 amide bonds. The van der Waals surface area contributed by atoms with E-state index in [2.05, 4.69) is 23.8 Å². The molecule has 2 rings (SSSR count). The number of rotatable bonds is 4. The van der Waals surface area contributed by atoms with E-state index in [1.54, 1.807) is 6.07 Å². The van der Waals surface area contributed by atoms with Crippen LogP contribution in [0.1, 0.15) is 30.9 Å². The van der Waals surface area contributed by atoms with Crippen LogP contribution < -0.4 is 0 Å². The quantitative estimate of drug-likeness (QED) is 0.779. The predicted molar refractivity (Wildman–Crippen MR) is 87.2 cm³/mol. The molecule has 106 valence electrons. The fourth-order valence-corrected chi connectivity index (χ4v) is 2.77. The summed E-state index contributed by atoms with van der Waals surface area (Å²) in [4.78, 5) is 7.71. The standard InChI is InChI=1S/C15H16Cl2N2S/c1-9(2)5-12-8-15(20)19-14(18-12)6-10-3-4-11(16)7-13(10)17/h3-4,7-9H,5-6H2,1-2H3,(H,18,19,20). The third-order valence-corrected chi connectivity index (χ3v) is 3.64. The minimum atomic E-state index is 0.565. The highest BCUT2D eigenvalue weighted by molar-refractivity contribution is 7.71. The van der Waals surface area contributed by atoms with Gasteiger partial charge < -0.3 is 4.98 Å². The molecule has 0 atom stereocenters. The first-order chi connectivity index (χ1) is 9.44. The van der Waals surface area contributed by atoms with Crippen LogP contribution in [0.2, 0.25) is 10.0 Å². The molecule has 0 aliphatic rings. The van der Waals surface area contributed by atoms with E-state index in [0.717, 1.165) is 23.5 Å². The van der Waals surface area contributed by atoms with E-state index in [1.165, 1.54) is 0 Å². The third-order valence-electron chi connectivity index (χ3n) is 2.85. The molecule has 1 heterocycles. The maximum Gasteiger partial charge on any atom is 0.130 e. The average Bonchev–Trinajstić information content (AvgIpc) is 2.31. The molecular formula is C15H16Cl2N2S. The average molecular weight is 327 g/mol. The lowest BCUT2D eigenvalue weighted by Gasteiger charge is -2.09.